The van der Waals surface area contributed by atoms with Crippen molar-refractivity contribution in [3.8, 4) is 0 Å². The van der Waals surface area contributed by atoms with E-state index in [0.29, 0.717) is 6.34 Å². The molecule has 0 fully saturated rings. The van der Waals surface area contributed by atoms with Crippen molar-refractivity contribution < 1.29 is 17.1 Å². The van der Waals surface area contributed by atoms with Crippen LogP contribution in [-0.2, 0) is 17.1 Å². The Morgan fingerprint density at radius 2 is 1.73 bits per heavy atom. The van der Waals surface area contributed by atoms with Crippen molar-refractivity contribution in [2.45, 2.75) is 0 Å². The Balaban J connectivity index is -0.000000107. The summed E-state index contributed by atoms with van der Waals surface area (Å²) in [7, 11) is 0. The van der Waals surface area contributed by atoms with E-state index in [0.717, 1.165) is 18.8 Å². The van der Waals surface area contributed by atoms with Crippen LogP contribution in [0, 0.1) is 0 Å². The fraction of sp³-hybridized carbons (Fsp3) is 0. The molecule has 0 aromatic carbocycles. The van der Waals surface area contributed by atoms with Crippen LogP contribution in [0.4, 0.5) is 0 Å². The van der Waals surface area contributed by atoms with Gasteiger partial charge in [-0.1, -0.05) is 0 Å². The number of hydrogen-bond acceptors (Lipinski definition) is 0. The van der Waals surface area contributed by atoms with Crippen molar-refractivity contribution in [2.24, 2.45) is 4.99 Å². The molecule has 0 unspecified atom stereocenters. The van der Waals surface area contributed by atoms with E-state index in [4.69, 9.17) is 22.3 Å². The van der Waals surface area contributed by atoms with E-state index in [2.05, 4.69) is 4.99 Å². The van der Waals surface area contributed by atoms with E-state index < -0.39 is 0 Å². The first-order chi connectivity index (χ1) is 4.83. The predicted octanol–water partition coefficient (Wildman–Crippen LogP) is 1.85. The topological polar surface area (TPSA) is 105 Å². The SMILES string of the molecule is [Cu].[N-]=C/C=C\[NH-].[N-]=CN=C[NH-]. The minimum atomic E-state index is 0. The van der Waals surface area contributed by atoms with Gasteiger partial charge in [0.05, 0.1) is 0 Å². The Hall–Kier alpha value is -1.13. The van der Waals surface area contributed by atoms with Gasteiger partial charge < -0.3 is 27.3 Å². The molecular formula is C5H7CuN5-4. The number of nitrogens with zero attached hydrogens (tertiary/aromatic N) is 3. The molecule has 0 aliphatic heterocycles. The third kappa shape index (κ3) is 50.8. The van der Waals surface area contributed by atoms with Gasteiger partial charge in [0.2, 0.25) is 0 Å². The molecule has 2 N–H and O–H groups in total. The summed E-state index contributed by atoms with van der Waals surface area (Å²) in [5, 5.41) is 15.4. The maximum atomic E-state index is 7.73. The summed E-state index contributed by atoms with van der Waals surface area (Å²) in [5.41, 5.74) is 12.4. The number of allylic oxidation sites excluding steroid dienone is 1. The van der Waals surface area contributed by atoms with Gasteiger partial charge in [-0.05, 0) is 0 Å². The predicted molar refractivity (Wildman–Crippen MR) is 45.1 cm³/mol. The maximum Gasteiger partial charge on any atom is 0 e. The summed E-state index contributed by atoms with van der Waals surface area (Å²) >= 11 is 0. The van der Waals surface area contributed by atoms with Crippen LogP contribution in [0.2, 0.25) is 0 Å². The van der Waals surface area contributed by atoms with Crippen LogP contribution in [0.5, 0.6) is 0 Å². The molecule has 11 heavy (non-hydrogen) atoms. The molecule has 0 aliphatic rings. The van der Waals surface area contributed by atoms with Crippen molar-refractivity contribution in [2.75, 3.05) is 0 Å². The van der Waals surface area contributed by atoms with E-state index in [9.17, 15) is 0 Å². The average Bonchev–Trinajstić information content (AvgIpc) is 1.93. The third-order valence-corrected chi connectivity index (χ3v) is 0.323. The molecule has 0 amide bonds. The first kappa shape index (κ1) is 16.5. The van der Waals surface area contributed by atoms with E-state index in [-0.39, 0.29) is 17.1 Å². The Labute approximate surface area is 76.1 Å². The van der Waals surface area contributed by atoms with Gasteiger partial charge in [-0.3, -0.25) is 0 Å². The normalized spacial score (nSPS) is 8.00. The number of rotatable bonds is 2. The average molecular weight is 201 g/mol. The fourth-order valence-electron chi connectivity index (χ4n) is 0.0764. The molecule has 1 radical (unpaired) electrons. The van der Waals surface area contributed by atoms with Crippen molar-refractivity contribution in [1.82, 2.24) is 0 Å². The Morgan fingerprint density at radius 3 is 1.73 bits per heavy atom. The van der Waals surface area contributed by atoms with Crippen molar-refractivity contribution in [1.29, 1.82) is 0 Å². The minimum Gasteiger partial charge on any atom is -0.811 e. The van der Waals surface area contributed by atoms with Gasteiger partial charge in [0.1, 0.15) is 0 Å². The zero-order valence-corrected chi connectivity index (χ0v) is 6.47. The van der Waals surface area contributed by atoms with Crippen LogP contribution in [0.25, 0.3) is 22.3 Å². The molecule has 5 nitrogen and oxygen atoms in total. The van der Waals surface area contributed by atoms with E-state index in [1.165, 1.54) is 6.08 Å². The Bertz CT molecular complexity index is 115. The molecule has 0 aliphatic carbocycles. The molecule has 0 saturated heterocycles. The molecule has 6 heteroatoms. The minimum absolute atomic E-state index is 0. The smallest absolute Gasteiger partial charge is 0 e. The molecular weight excluding hydrogens is 194 g/mol. The molecule has 0 bridgehead atoms. The summed E-state index contributed by atoms with van der Waals surface area (Å²) in [4.78, 5) is 2.94. The van der Waals surface area contributed by atoms with Crippen LogP contribution in [0.1, 0.15) is 0 Å². The molecule has 0 aromatic rings. The molecule has 0 atom stereocenters. The van der Waals surface area contributed by atoms with Gasteiger partial charge in [-0.15, -0.1) is 18.8 Å². The zero-order chi connectivity index (χ0) is 8.24. The molecule has 0 spiro atoms. The van der Waals surface area contributed by atoms with Gasteiger partial charge in [0.15, 0.2) is 0 Å². The summed E-state index contributed by atoms with van der Waals surface area (Å²) < 4.78 is 0. The van der Waals surface area contributed by atoms with Crippen molar-refractivity contribution >= 4 is 18.9 Å². The molecule has 0 heterocycles. The molecule has 0 saturated carbocycles. The van der Waals surface area contributed by atoms with Crippen LogP contribution in [-0.4, -0.2) is 18.9 Å². The van der Waals surface area contributed by atoms with Gasteiger partial charge >= 0.3 is 0 Å². The second-order valence-electron chi connectivity index (χ2n) is 0.902. The summed E-state index contributed by atoms with van der Waals surface area (Å²) in [5.74, 6) is 0. The number of nitrogens with one attached hydrogen (secondary N) is 2. The van der Waals surface area contributed by atoms with Crippen molar-refractivity contribution in [3.63, 3.8) is 0 Å². The van der Waals surface area contributed by atoms with Crippen LogP contribution >= 0.6 is 0 Å². The second kappa shape index (κ2) is 23.2. The van der Waals surface area contributed by atoms with Crippen LogP contribution in [0.3, 0.4) is 0 Å². The fourth-order valence-corrected chi connectivity index (χ4v) is 0.0764. The standard InChI is InChI=1S/C3H4N2.C2H3N3.Cu/c4-2-1-3-5;3-1-5-2-4;/h1-4H;1-2H,(H-2,3,4,5);/q2*-2;/b2-1-;;. The molecule has 67 valence electrons. The first-order valence-electron chi connectivity index (χ1n) is 2.28. The van der Waals surface area contributed by atoms with Gasteiger partial charge in [-0.2, -0.15) is 12.4 Å². The summed E-state index contributed by atoms with van der Waals surface area (Å²) in [6, 6.07) is 0. The Kier molecular flexibility index (Phi) is 34.6. The molecule has 0 rings (SSSR count). The van der Waals surface area contributed by atoms with E-state index in [1.54, 1.807) is 0 Å². The first-order valence-corrected chi connectivity index (χ1v) is 2.28. The molecule has 0 aromatic heterocycles. The maximum absolute atomic E-state index is 7.73. The summed E-state index contributed by atoms with van der Waals surface area (Å²) in [6.45, 7) is 0. The van der Waals surface area contributed by atoms with E-state index >= 15 is 0 Å². The zero-order valence-electron chi connectivity index (χ0n) is 5.53. The quantitative estimate of drug-likeness (QED) is 0.369. The monoisotopic (exact) mass is 200 g/mol. The summed E-state index contributed by atoms with van der Waals surface area (Å²) in [6.07, 6.45) is 4.35. The third-order valence-electron chi connectivity index (χ3n) is 0.323. The number of aliphatic imine (C=N–C) groups is 1. The van der Waals surface area contributed by atoms with E-state index in [1.807, 2.05) is 0 Å². The van der Waals surface area contributed by atoms with Crippen LogP contribution in [0.15, 0.2) is 17.3 Å². The Morgan fingerprint density at radius 1 is 1.18 bits per heavy atom. The second-order valence-corrected chi connectivity index (χ2v) is 0.902. The van der Waals surface area contributed by atoms with Gasteiger partial charge in [0, 0.05) is 17.1 Å². The number of hydrogen-bond donors (Lipinski definition) is 0. The van der Waals surface area contributed by atoms with Gasteiger partial charge in [0.25, 0.3) is 0 Å². The largest absolute Gasteiger partial charge is 0.811 e. The van der Waals surface area contributed by atoms with Crippen molar-refractivity contribution in [3.05, 3.63) is 34.6 Å². The van der Waals surface area contributed by atoms with Crippen LogP contribution < -0.4 is 0 Å². The van der Waals surface area contributed by atoms with Gasteiger partial charge in [-0.25, -0.2) is 0 Å².